The summed E-state index contributed by atoms with van der Waals surface area (Å²) >= 11 is 7.11. The van der Waals surface area contributed by atoms with Crippen molar-refractivity contribution in [2.24, 2.45) is 4.99 Å². The highest BCUT2D eigenvalue weighted by Crippen LogP contribution is 2.33. The minimum absolute atomic E-state index is 0.00894. The molecule has 0 N–H and O–H groups in total. The first-order valence-electron chi connectivity index (χ1n) is 7.20. The second-order valence-electron chi connectivity index (χ2n) is 5.19. The molecular formula is C17H12ClN3O3S. The average molecular weight is 374 g/mol. The summed E-state index contributed by atoms with van der Waals surface area (Å²) in [6.07, 6.45) is 1.69. The van der Waals surface area contributed by atoms with Gasteiger partial charge in [-0.15, -0.1) is 0 Å². The maximum absolute atomic E-state index is 12.4. The number of rotatable bonds is 3. The Labute approximate surface area is 153 Å². The van der Waals surface area contributed by atoms with Crippen LogP contribution in [0, 0.1) is 10.1 Å². The van der Waals surface area contributed by atoms with Gasteiger partial charge in [0, 0.05) is 24.2 Å². The van der Waals surface area contributed by atoms with Crippen molar-refractivity contribution in [1.29, 1.82) is 0 Å². The number of carbonyl (C=O) groups excluding carboxylic acids is 1. The molecule has 0 radical (unpaired) electrons. The first-order chi connectivity index (χ1) is 11.9. The number of likely N-dealkylation sites (N-methyl/N-ethyl adjacent to an activating group) is 1. The number of carbonyl (C=O) groups is 1. The summed E-state index contributed by atoms with van der Waals surface area (Å²) in [7, 11) is 1.65. The smallest absolute Gasteiger partial charge is 0.269 e. The lowest BCUT2D eigenvalue weighted by atomic mass is 10.2. The second kappa shape index (κ2) is 7.08. The zero-order valence-corrected chi connectivity index (χ0v) is 14.6. The Morgan fingerprint density at radius 1 is 1.16 bits per heavy atom. The van der Waals surface area contributed by atoms with Gasteiger partial charge in [0.15, 0.2) is 5.17 Å². The van der Waals surface area contributed by atoms with Gasteiger partial charge in [0.1, 0.15) is 0 Å². The quantitative estimate of drug-likeness (QED) is 0.451. The molecule has 1 fully saturated rings. The Morgan fingerprint density at radius 3 is 2.40 bits per heavy atom. The SMILES string of the molecule is CN1C(=O)/C(=C\c2ccc([N+](=O)[O-])cc2)SC1=Nc1ccc(Cl)cc1. The number of benzene rings is 2. The largest absolute Gasteiger partial charge is 0.290 e. The molecule has 1 aliphatic rings. The van der Waals surface area contributed by atoms with Gasteiger partial charge in [0.05, 0.1) is 15.5 Å². The number of aliphatic imine (C=N–C) groups is 1. The zero-order valence-electron chi connectivity index (χ0n) is 13.0. The molecule has 126 valence electrons. The monoisotopic (exact) mass is 373 g/mol. The molecule has 25 heavy (non-hydrogen) atoms. The molecule has 0 bridgehead atoms. The number of amidine groups is 1. The molecule has 6 nitrogen and oxygen atoms in total. The fraction of sp³-hybridized carbons (Fsp3) is 0.0588. The van der Waals surface area contributed by atoms with E-state index in [-0.39, 0.29) is 11.6 Å². The van der Waals surface area contributed by atoms with E-state index in [0.717, 1.165) is 0 Å². The van der Waals surface area contributed by atoms with Gasteiger partial charge in [0.25, 0.3) is 11.6 Å². The van der Waals surface area contributed by atoms with Crippen LogP contribution in [-0.4, -0.2) is 27.9 Å². The highest BCUT2D eigenvalue weighted by Gasteiger charge is 2.30. The maximum Gasteiger partial charge on any atom is 0.269 e. The van der Waals surface area contributed by atoms with Crippen LogP contribution in [0.3, 0.4) is 0 Å². The molecule has 1 saturated heterocycles. The number of nitro benzene ring substituents is 1. The van der Waals surface area contributed by atoms with Gasteiger partial charge in [-0.1, -0.05) is 11.6 Å². The predicted octanol–water partition coefficient (Wildman–Crippen LogP) is 4.48. The summed E-state index contributed by atoms with van der Waals surface area (Å²) in [5.74, 6) is -0.170. The zero-order chi connectivity index (χ0) is 18.0. The van der Waals surface area contributed by atoms with Crippen molar-refractivity contribution in [2.75, 3.05) is 7.05 Å². The summed E-state index contributed by atoms with van der Waals surface area (Å²) in [5, 5.41) is 11.9. The van der Waals surface area contributed by atoms with Crippen LogP contribution in [0.4, 0.5) is 11.4 Å². The summed E-state index contributed by atoms with van der Waals surface area (Å²) in [4.78, 5) is 29.0. The van der Waals surface area contributed by atoms with Gasteiger partial charge in [-0.3, -0.25) is 19.8 Å². The van der Waals surface area contributed by atoms with Crippen LogP contribution in [0.5, 0.6) is 0 Å². The van der Waals surface area contributed by atoms with Crippen molar-refractivity contribution in [3.63, 3.8) is 0 Å². The van der Waals surface area contributed by atoms with E-state index in [1.54, 1.807) is 49.5 Å². The third-order valence-corrected chi connectivity index (χ3v) is 4.77. The lowest BCUT2D eigenvalue weighted by Gasteiger charge is -2.07. The molecule has 0 aromatic heterocycles. The maximum atomic E-state index is 12.4. The lowest BCUT2D eigenvalue weighted by Crippen LogP contribution is -2.23. The molecule has 8 heteroatoms. The van der Waals surface area contributed by atoms with Crippen LogP contribution in [-0.2, 0) is 4.79 Å². The summed E-state index contributed by atoms with van der Waals surface area (Å²) in [5.41, 5.74) is 1.42. The Morgan fingerprint density at radius 2 is 1.80 bits per heavy atom. The third kappa shape index (κ3) is 3.89. The van der Waals surface area contributed by atoms with E-state index < -0.39 is 4.92 Å². The fourth-order valence-corrected chi connectivity index (χ4v) is 3.23. The van der Waals surface area contributed by atoms with Gasteiger partial charge in [-0.2, -0.15) is 0 Å². The van der Waals surface area contributed by atoms with Crippen LogP contribution < -0.4 is 0 Å². The summed E-state index contributed by atoms with van der Waals surface area (Å²) in [6, 6.07) is 13.0. The molecule has 1 aliphatic heterocycles. The first-order valence-corrected chi connectivity index (χ1v) is 8.40. The fourth-order valence-electron chi connectivity index (χ4n) is 2.12. The van der Waals surface area contributed by atoms with Crippen LogP contribution in [0.2, 0.25) is 5.02 Å². The van der Waals surface area contributed by atoms with Gasteiger partial charge in [0.2, 0.25) is 0 Å². The van der Waals surface area contributed by atoms with Gasteiger partial charge < -0.3 is 0 Å². The molecule has 1 amide bonds. The predicted molar refractivity (Wildman–Crippen MR) is 100.0 cm³/mol. The minimum atomic E-state index is -0.461. The number of nitro groups is 1. The first kappa shape index (κ1) is 17.2. The number of hydrogen-bond acceptors (Lipinski definition) is 5. The van der Waals surface area contributed by atoms with Crippen molar-refractivity contribution in [1.82, 2.24) is 4.90 Å². The van der Waals surface area contributed by atoms with Crippen LogP contribution in [0.15, 0.2) is 58.4 Å². The number of halogens is 1. The standard InChI is InChI=1S/C17H12ClN3O3S/c1-20-16(22)15(10-11-2-8-14(9-3-11)21(23)24)25-17(20)19-13-6-4-12(18)5-7-13/h2-10H,1H3/b15-10+,19-17?. The summed E-state index contributed by atoms with van der Waals surface area (Å²) < 4.78 is 0. The second-order valence-corrected chi connectivity index (χ2v) is 6.64. The number of hydrogen-bond donors (Lipinski definition) is 0. The van der Waals surface area contributed by atoms with Crippen molar-refractivity contribution in [2.45, 2.75) is 0 Å². The highest BCUT2D eigenvalue weighted by atomic mass is 35.5. The van der Waals surface area contributed by atoms with Crippen LogP contribution in [0.25, 0.3) is 6.08 Å². The Balaban J connectivity index is 1.85. The van der Waals surface area contributed by atoms with E-state index in [1.165, 1.54) is 28.8 Å². The van der Waals surface area contributed by atoms with E-state index in [0.29, 0.717) is 26.3 Å². The number of thioether (sulfide) groups is 1. The van der Waals surface area contributed by atoms with Gasteiger partial charge in [-0.05, 0) is 59.8 Å². The van der Waals surface area contributed by atoms with E-state index in [1.807, 2.05) is 0 Å². The Bertz CT molecular complexity index is 892. The molecule has 3 rings (SSSR count). The molecule has 0 atom stereocenters. The lowest BCUT2D eigenvalue weighted by molar-refractivity contribution is -0.384. The van der Waals surface area contributed by atoms with Crippen molar-refractivity contribution in [3.05, 3.63) is 74.1 Å². The molecule has 0 saturated carbocycles. The molecule has 1 heterocycles. The number of nitrogens with zero attached hydrogens (tertiary/aromatic N) is 3. The van der Waals surface area contributed by atoms with Crippen LogP contribution in [0.1, 0.15) is 5.56 Å². The van der Waals surface area contributed by atoms with E-state index in [2.05, 4.69) is 4.99 Å². The topological polar surface area (TPSA) is 75.8 Å². The highest BCUT2D eigenvalue weighted by molar-refractivity contribution is 8.18. The molecule has 0 aliphatic carbocycles. The van der Waals surface area contributed by atoms with E-state index in [9.17, 15) is 14.9 Å². The van der Waals surface area contributed by atoms with Crippen molar-refractivity contribution < 1.29 is 9.72 Å². The Kier molecular flexibility index (Phi) is 4.87. The normalized spacial score (nSPS) is 17.5. The van der Waals surface area contributed by atoms with E-state index >= 15 is 0 Å². The van der Waals surface area contributed by atoms with Gasteiger partial charge >= 0.3 is 0 Å². The summed E-state index contributed by atoms with van der Waals surface area (Å²) in [6.45, 7) is 0. The molecule has 2 aromatic rings. The van der Waals surface area contributed by atoms with E-state index in [4.69, 9.17) is 11.6 Å². The third-order valence-electron chi connectivity index (χ3n) is 3.46. The molecule has 0 spiro atoms. The van der Waals surface area contributed by atoms with Crippen LogP contribution >= 0.6 is 23.4 Å². The van der Waals surface area contributed by atoms with Crippen molar-refractivity contribution in [3.8, 4) is 0 Å². The van der Waals surface area contributed by atoms with Crippen molar-refractivity contribution >= 4 is 51.9 Å². The minimum Gasteiger partial charge on any atom is -0.290 e. The number of amides is 1. The van der Waals surface area contributed by atoms with Gasteiger partial charge in [-0.25, -0.2) is 4.99 Å². The average Bonchev–Trinajstić information content (AvgIpc) is 2.85. The Hall–Kier alpha value is -2.64. The number of non-ortho nitro benzene ring substituents is 1. The molecular weight excluding hydrogens is 362 g/mol. The molecule has 0 unspecified atom stereocenters. The molecule has 2 aromatic carbocycles.